The highest BCUT2D eigenvalue weighted by Crippen LogP contribution is 2.36. The molecule has 4 aliphatic rings. The van der Waals surface area contributed by atoms with Crippen molar-refractivity contribution in [3.63, 3.8) is 0 Å². The van der Waals surface area contributed by atoms with Crippen molar-refractivity contribution in [3.8, 4) is 0 Å². The van der Waals surface area contributed by atoms with Gasteiger partial charge in [-0.2, -0.15) is 4.80 Å². The molecule has 2 aromatic rings. The molecule has 1 atom stereocenters. The van der Waals surface area contributed by atoms with Gasteiger partial charge in [0.2, 0.25) is 11.8 Å². The maximum Gasteiger partial charge on any atom is 0.245 e. The van der Waals surface area contributed by atoms with Crippen LogP contribution < -0.4 is 10.3 Å². The quantitative estimate of drug-likeness (QED) is 0.633. The van der Waals surface area contributed by atoms with E-state index in [9.17, 15) is 9.59 Å². The molecule has 0 spiro atoms. The predicted octanol–water partition coefficient (Wildman–Crippen LogP) is 1.43. The summed E-state index contributed by atoms with van der Waals surface area (Å²) in [4.78, 5) is 34.8. The number of carbonyl (C=O) groups is 2. The Balaban J connectivity index is 1.04. The Kier molecular flexibility index (Phi) is 6.77. The van der Waals surface area contributed by atoms with Crippen LogP contribution >= 0.6 is 0 Å². The van der Waals surface area contributed by atoms with Crippen LogP contribution in [-0.4, -0.2) is 98.7 Å². The highest BCUT2D eigenvalue weighted by atomic mass is 16.2. The number of anilines is 1. The Labute approximate surface area is 223 Å². The number of benzene rings is 1. The molecule has 1 unspecified atom stereocenters. The lowest BCUT2D eigenvalue weighted by Gasteiger charge is -2.38. The van der Waals surface area contributed by atoms with E-state index in [0.717, 1.165) is 50.9 Å². The zero-order chi connectivity index (χ0) is 26.2. The largest absolute Gasteiger partial charge is 0.368 e. The van der Waals surface area contributed by atoms with E-state index in [1.54, 1.807) is 4.80 Å². The van der Waals surface area contributed by atoms with E-state index in [1.807, 2.05) is 14.8 Å². The van der Waals surface area contributed by atoms with Crippen LogP contribution in [0.3, 0.4) is 0 Å². The number of allylic oxidation sites excluding steroid dienone is 1. The number of tetrazole rings is 1. The standard InChI is InChI=1S/C27H37N9O2/c1-19-5-3-7-23(20(19)2)32-13-15-33(16-14-32)25(37)17-35-24-8-4-6-22(24)26(30-35)27(38)34-11-9-21(10-12-34)36-29-18-28-31-36/h3,5,7,18,21,26,30H,4,6,8-17H2,1-2H3. The van der Waals surface area contributed by atoms with Crippen LogP contribution in [0.4, 0.5) is 5.69 Å². The number of piperidine rings is 1. The zero-order valence-electron chi connectivity index (χ0n) is 22.3. The van der Waals surface area contributed by atoms with Gasteiger partial charge in [0.15, 0.2) is 6.33 Å². The predicted molar refractivity (Wildman–Crippen MR) is 142 cm³/mol. The van der Waals surface area contributed by atoms with Gasteiger partial charge in [0.25, 0.3) is 0 Å². The highest BCUT2D eigenvalue weighted by Gasteiger charge is 2.41. The smallest absolute Gasteiger partial charge is 0.245 e. The molecule has 3 aliphatic heterocycles. The number of piperazine rings is 1. The third kappa shape index (κ3) is 4.63. The van der Waals surface area contributed by atoms with Gasteiger partial charge in [-0.15, -0.1) is 10.2 Å². The first-order valence-corrected chi connectivity index (χ1v) is 13.9. The number of nitrogens with zero attached hydrogens (tertiary/aromatic N) is 8. The molecule has 0 saturated carbocycles. The lowest BCUT2D eigenvalue weighted by atomic mass is 10.0. The van der Waals surface area contributed by atoms with Crippen molar-refractivity contribution in [2.24, 2.45) is 0 Å². The van der Waals surface area contributed by atoms with E-state index in [4.69, 9.17) is 0 Å². The van der Waals surface area contributed by atoms with Crippen LogP contribution in [0.15, 0.2) is 35.8 Å². The van der Waals surface area contributed by atoms with Crippen LogP contribution in [-0.2, 0) is 9.59 Å². The summed E-state index contributed by atoms with van der Waals surface area (Å²) in [6, 6.07) is 6.25. The van der Waals surface area contributed by atoms with Crippen LogP contribution in [0, 0.1) is 13.8 Å². The molecule has 6 rings (SSSR count). The number of rotatable bonds is 5. The van der Waals surface area contributed by atoms with Gasteiger partial charge in [-0.3, -0.25) is 9.59 Å². The Bertz CT molecular complexity index is 1210. The first-order chi connectivity index (χ1) is 18.5. The lowest BCUT2D eigenvalue weighted by Crippen LogP contribution is -2.54. The van der Waals surface area contributed by atoms with Crippen molar-refractivity contribution in [3.05, 3.63) is 46.9 Å². The van der Waals surface area contributed by atoms with E-state index in [2.05, 4.69) is 57.8 Å². The fourth-order valence-corrected chi connectivity index (χ4v) is 6.38. The molecular formula is C27H37N9O2. The average molecular weight is 520 g/mol. The summed E-state index contributed by atoms with van der Waals surface area (Å²) in [5.41, 5.74) is 9.60. The molecule has 4 heterocycles. The van der Waals surface area contributed by atoms with Crippen LogP contribution in [0.25, 0.3) is 0 Å². The topological polar surface area (TPSA) is 103 Å². The molecule has 1 aliphatic carbocycles. The maximum absolute atomic E-state index is 13.5. The number of hydrogen-bond donors (Lipinski definition) is 1. The number of amides is 2. The molecule has 38 heavy (non-hydrogen) atoms. The van der Waals surface area contributed by atoms with Gasteiger partial charge in [0.05, 0.1) is 6.04 Å². The lowest BCUT2D eigenvalue weighted by molar-refractivity contribution is -0.137. The molecule has 2 fully saturated rings. The van der Waals surface area contributed by atoms with Crippen molar-refractivity contribution in [2.45, 2.75) is 58.0 Å². The number of hydrazine groups is 1. The minimum atomic E-state index is -0.359. The summed E-state index contributed by atoms with van der Waals surface area (Å²) in [5.74, 6) is 0.229. The number of aromatic nitrogens is 4. The average Bonchev–Trinajstić information content (AvgIpc) is 3.70. The molecule has 2 amide bonds. The fourth-order valence-electron chi connectivity index (χ4n) is 6.38. The van der Waals surface area contributed by atoms with Gasteiger partial charge in [0, 0.05) is 50.7 Å². The summed E-state index contributed by atoms with van der Waals surface area (Å²) in [5, 5.41) is 14.0. The third-order valence-electron chi connectivity index (χ3n) is 8.75. The molecule has 2 saturated heterocycles. The summed E-state index contributed by atoms with van der Waals surface area (Å²) in [6.07, 6.45) is 5.95. The first kappa shape index (κ1) is 24.8. The van der Waals surface area contributed by atoms with Crippen molar-refractivity contribution >= 4 is 17.5 Å². The van der Waals surface area contributed by atoms with Gasteiger partial charge in [-0.05, 0) is 73.9 Å². The Morgan fingerprint density at radius 1 is 1.00 bits per heavy atom. The third-order valence-corrected chi connectivity index (χ3v) is 8.75. The van der Waals surface area contributed by atoms with Crippen LogP contribution in [0.5, 0.6) is 0 Å². The molecule has 1 aromatic heterocycles. The minimum Gasteiger partial charge on any atom is -0.368 e. The van der Waals surface area contributed by atoms with Crippen molar-refractivity contribution < 1.29 is 9.59 Å². The number of hydrogen-bond acceptors (Lipinski definition) is 8. The Morgan fingerprint density at radius 3 is 2.53 bits per heavy atom. The summed E-state index contributed by atoms with van der Waals surface area (Å²) in [7, 11) is 0. The summed E-state index contributed by atoms with van der Waals surface area (Å²) >= 11 is 0. The van der Waals surface area contributed by atoms with Gasteiger partial charge in [-0.25, -0.2) is 5.43 Å². The van der Waals surface area contributed by atoms with Crippen molar-refractivity contribution in [2.75, 3.05) is 50.7 Å². The number of likely N-dealkylation sites (tertiary alicyclic amines) is 1. The summed E-state index contributed by atoms with van der Waals surface area (Å²) in [6.45, 7) is 9.02. The molecule has 1 aromatic carbocycles. The van der Waals surface area contributed by atoms with Gasteiger partial charge < -0.3 is 19.7 Å². The molecule has 11 heteroatoms. The van der Waals surface area contributed by atoms with E-state index >= 15 is 0 Å². The number of nitrogens with one attached hydrogen (secondary N) is 1. The second-order valence-electron chi connectivity index (χ2n) is 10.9. The van der Waals surface area contributed by atoms with Gasteiger partial charge in [0.1, 0.15) is 12.6 Å². The molecule has 202 valence electrons. The molecule has 0 radical (unpaired) electrons. The minimum absolute atomic E-state index is 0.112. The van der Waals surface area contributed by atoms with Gasteiger partial charge >= 0.3 is 0 Å². The molecular weight excluding hydrogens is 482 g/mol. The second-order valence-corrected chi connectivity index (χ2v) is 10.9. The van der Waals surface area contributed by atoms with E-state index in [1.165, 1.54) is 28.7 Å². The second kappa shape index (κ2) is 10.4. The first-order valence-electron chi connectivity index (χ1n) is 13.9. The van der Waals surface area contributed by atoms with Crippen molar-refractivity contribution in [1.29, 1.82) is 0 Å². The van der Waals surface area contributed by atoms with E-state index < -0.39 is 0 Å². The van der Waals surface area contributed by atoms with E-state index in [-0.39, 0.29) is 30.4 Å². The normalized spacial score (nSPS) is 22.4. The highest BCUT2D eigenvalue weighted by molar-refractivity contribution is 5.86. The zero-order valence-corrected chi connectivity index (χ0v) is 22.3. The van der Waals surface area contributed by atoms with E-state index in [0.29, 0.717) is 26.2 Å². The van der Waals surface area contributed by atoms with Crippen LogP contribution in [0.1, 0.15) is 49.3 Å². The maximum atomic E-state index is 13.5. The molecule has 1 N–H and O–H groups in total. The number of aryl methyl sites for hydroxylation is 1. The molecule has 11 nitrogen and oxygen atoms in total. The molecule has 0 bridgehead atoms. The monoisotopic (exact) mass is 519 g/mol. The van der Waals surface area contributed by atoms with Gasteiger partial charge in [-0.1, -0.05) is 12.1 Å². The fraction of sp³-hybridized carbons (Fsp3) is 0.593. The Hall–Kier alpha value is -3.47. The van der Waals surface area contributed by atoms with Crippen LogP contribution in [0.2, 0.25) is 0 Å². The van der Waals surface area contributed by atoms with Crippen molar-refractivity contribution in [1.82, 2.24) is 40.4 Å². The number of carbonyl (C=O) groups excluding carboxylic acids is 2. The SMILES string of the molecule is Cc1cccc(N2CCN(C(=O)CN3NC(C(=O)N4CCC(n5ncnn5)CC4)C4=C3CCC4)CC2)c1C. The Morgan fingerprint density at radius 2 is 1.79 bits per heavy atom. The summed E-state index contributed by atoms with van der Waals surface area (Å²) < 4.78 is 0.